The molecule has 1 N–H and O–H groups in total. The summed E-state index contributed by atoms with van der Waals surface area (Å²) < 4.78 is 1.33. The average molecular weight is 288 g/mol. The molecule has 0 fully saturated rings. The van der Waals surface area contributed by atoms with E-state index in [1.165, 1.54) is 15.4 Å². The quantitative estimate of drug-likeness (QED) is 0.720. The van der Waals surface area contributed by atoms with Crippen molar-refractivity contribution < 1.29 is 0 Å². The molecule has 0 bridgehead atoms. The summed E-state index contributed by atoms with van der Waals surface area (Å²) in [5, 5.41) is 0. The predicted molar refractivity (Wildman–Crippen MR) is 70.8 cm³/mol. The Balaban J connectivity index is 1.98. The molecule has 84 valence electrons. The van der Waals surface area contributed by atoms with Gasteiger partial charge in [0.1, 0.15) is 0 Å². The Hall–Kier alpha value is -1.57. The molecule has 17 heavy (non-hydrogen) atoms. The summed E-state index contributed by atoms with van der Waals surface area (Å²) in [7, 11) is 0. The second-order valence-corrected chi connectivity index (χ2v) is 6.14. The van der Waals surface area contributed by atoms with Gasteiger partial charge in [-0.1, -0.05) is 0 Å². The van der Waals surface area contributed by atoms with Crippen molar-refractivity contribution in [1.29, 1.82) is 0 Å². The second-order valence-electron chi connectivity index (χ2n) is 4.01. The van der Waals surface area contributed by atoms with E-state index in [2.05, 4.69) is 41.4 Å². The average Bonchev–Trinajstić information content (AvgIpc) is 2.70. The van der Waals surface area contributed by atoms with E-state index in [0.29, 0.717) is 0 Å². The Morgan fingerprint density at radius 2 is 1.82 bits per heavy atom. The van der Waals surface area contributed by atoms with Crippen molar-refractivity contribution >= 4 is 24.3 Å². The van der Waals surface area contributed by atoms with Gasteiger partial charge in [0.15, 0.2) is 0 Å². The zero-order chi connectivity index (χ0) is 11.7. The minimum absolute atomic E-state index is 0.0535. The first-order chi connectivity index (χ1) is 8.31. The molecule has 2 nitrogen and oxygen atoms in total. The number of hydrogen-bond donors (Lipinski definition) is 1. The van der Waals surface area contributed by atoms with Crippen molar-refractivity contribution in [3.63, 3.8) is 0 Å². The molecular weight excluding hydrogens is 277 g/mol. The Morgan fingerprint density at radius 3 is 2.65 bits per heavy atom. The van der Waals surface area contributed by atoms with E-state index in [-0.39, 0.29) is 18.9 Å². The molecule has 3 aromatic rings. The van der Waals surface area contributed by atoms with Crippen LogP contribution in [0.3, 0.4) is 0 Å². The molecule has 1 aromatic heterocycles. The Labute approximate surface area is 105 Å². The number of hydrogen-bond acceptors (Lipinski definition) is 1. The van der Waals surface area contributed by atoms with E-state index in [4.69, 9.17) is 0 Å². The van der Waals surface area contributed by atoms with Crippen LogP contribution < -0.4 is 4.43 Å². The number of nitrogens with one attached hydrogen (secondary N) is 1. The summed E-state index contributed by atoms with van der Waals surface area (Å²) in [5.74, 6) is 0. The third-order valence-corrected chi connectivity index (χ3v) is 4.51. The van der Waals surface area contributed by atoms with E-state index in [9.17, 15) is 4.79 Å². The molecule has 0 radical (unpaired) electrons. The van der Waals surface area contributed by atoms with Crippen molar-refractivity contribution in [1.82, 2.24) is 4.98 Å². The van der Waals surface area contributed by atoms with Gasteiger partial charge in [0.2, 0.25) is 0 Å². The van der Waals surface area contributed by atoms with Gasteiger partial charge >= 0.3 is 105 Å². The van der Waals surface area contributed by atoms with Gasteiger partial charge in [0.05, 0.1) is 0 Å². The van der Waals surface area contributed by atoms with Gasteiger partial charge in [-0.2, -0.15) is 0 Å². The predicted octanol–water partition coefficient (Wildman–Crippen LogP) is 2.18. The van der Waals surface area contributed by atoms with Crippen LogP contribution in [0, 0.1) is 0 Å². The van der Waals surface area contributed by atoms with Crippen molar-refractivity contribution in [2.75, 3.05) is 0 Å². The standard InChI is InChI=1S/C14H11NOSe/c16-14-15-12-7-6-11(9-13(12)17-14)8-10-4-2-1-3-5-10/h1-7,9H,8H2,(H,15,16). The molecule has 1 heterocycles. The topological polar surface area (TPSA) is 32.9 Å². The van der Waals surface area contributed by atoms with Gasteiger partial charge in [-0.25, -0.2) is 0 Å². The maximum atomic E-state index is 11.3. The van der Waals surface area contributed by atoms with E-state index in [1.54, 1.807) is 0 Å². The fraction of sp³-hybridized carbons (Fsp3) is 0.0714. The first-order valence-electron chi connectivity index (χ1n) is 5.47. The van der Waals surface area contributed by atoms with Gasteiger partial charge < -0.3 is 0 Å². The molecule has 0 atom stereocenters. The van der Waals surface area contributed by atoms with Crippen LogP contribution in [0.25, 0.3) is 9.78 Å². The summed E-state index contributed by atoms with van der Waals surface area (Å²) in [4.78, 5) is 14.2. The van der Waals surface area contributed by atoms with E-state index in [0.717, 1.165) is 11.9 Å². The number of rotatable bonds is 2. The zero-order valence-corrected chi connectivity index (χ0v) is 10.9. The van der Waals surface area contributed by atoms with Crippen LogP contribution in [-0.4, -0.2) is 19.5 Å². The molecular formula is C14H11NOSe. The third-order valence-electron chi connectivity index (χ3n) is 2.74. The fourth-order valence-electron chi connectivity index (χ4n) is 1.93. The van der Waals surface area contributed by atoms with Crippen LogP contribution in [-0.2, 0) is 6.42 Å². The van der Waals surface area contributed by atoms with Crippen molar-refractivity contribution in [3.05, 3.63) is 68.9 Å². The van der Waals surface area contributed by atoms with Gasteiger partial charge in [0.25, 0.3) is 0 Å². The molecule has 0 aliphatic carbocycles. The summed E-state index contributed by atoms with van der Waals surface area (Å²) in [5.41, 5.74) is 3.57. The SMILES string of the molecule is O=c1[nH]c2ccc(Cc3ccccc3)cc2[se]1. The van der Waals surface area contributed by atoms with E-state index >= 15 is 0 Å². The molecule has 3 heteroatoms. The third kappa shape index (κ3) is 2.26. The number of H-pyrrole nitrogens is 1. The summed E-state index contributed by atoms with van der Waals surface area (Å²) >= 11 is -0.0535. The number of benzene rings is 2. The van der Waals surface area contributed by atoms with Crippen LogP contribution in [0.15, 0.2) is 53.3 Å². The van der Waals surface area contributed by atoms with Gasteiger partial charge in [-0.05, 0) is 0 Å². The van der Waals surface area contributed by atoms with Gasteiger partial charge in [-0.15, -0.1) is 0 Å². The molecule has 0 amide bonds. The molecule has 0 aliphatic heterocycles. The zero-order valence-electron chi connectivity index (χ0n) is 9.14. The molecule has 0 saturated heterocycles. The van der Waals surface area contributed by atoms with Crippen molar-refractivity contribution in [3.8, 4) is 0 Å². The van der Waals surface area contributed by atoms with Crippen LogP contribution in [0.4, 0.5) is 0 Å². The molecule has 0 saturated carbocycles. The summed E-state index contributed by atoms with van der Waals surface area (Å²) in [6.45, 7) is 0. The molecule has 0 unspecified atom stereocenters. The Morgan fingerprint density at radius 1 is 1.00 bits per heavy atom. The Kier molecular flexibility index (Phi) is 2.71. The molecule has 2 aromatic carbocycles. The van der Waals surface area contributed by atoms with Gasteiger partial charge in [-0.3, -0.25) is 0 Å². The molecule has 0 aliphatic rings. The fourth-order valence-corrected chi connectivity index (χ4v) is 3.61. The number of fused-ring (bicyclic) bond motifs is 1. The monoisotopic (exact) mass is 289 g/mol. The first kappa shape index (κ1) is 10.6. The summed E-state index contributed by atoms with van der Waals surface area (Å²) in [6.07, 6.45) is 0.929. The summed E-state index contributed by atoms with van der Waals surface area (Å²) in [6, 6.07) is 16.6. The van der Waals surface area contributed by atoms with Crippen LogP contribution in [0.2, 0.25) is 0 Å². The minimum atomic E-state index is -0.0535. The van der Waals surface area contributed by atoms with Crippen molar-refractivity contribution in [2.24, 2.45) is 0 Å². The van der Waals surface area contributed by atoms with Crippen molar-refractivity contribution in [2.45, 2.75) is 6.42 Å². The number of aromatic amines is 1. The van der Waals surface area contributed by atoms with Crippen LogP contribution >= 0.6 is 0 Å². The Bertz CT molecular complexity index is 697. The normalized spacial score (nSPS) is 10.8. The first-order valence-corrected chi connectivity index (χ1v) is 7.18. The van der Waals surface area contributed by atoms with E-state index < -0.39 is 0 Å². The second kappa shape index (κ2) is 4.36. The maximum absolute atomic E-state index is 11.3. The molecule has 3 rings (SSSR count). The van der Waals surface area contributed by atoms with Crippen LogP contribution in [0.5, 0.6) is 0 Å². The number of aromatic nitrogens is 1. The van der Waals surface area contributed by atoms with E-state index in [1.807, 2.05) is 12.1 Å². The van der Waals surface area contributed by atoms with Crippen LogP contribution in [0.1, 0.15) is 11.1 Å². The van der Waals surface area contributed by atoms with Gasteiger partial charge in [0, 0.05) is 0 Å². The molecule has 0 spiro atoms.